The zero-order chi connectivity index (χ0) is 13.2. The van der Waals surface area contributed by atoms with Crippen LogP contribution in [0.4, 0.5) is 5.69 Å². The Morgan fingerprint density at radius 2 is 2.26 bits per heavy atom. The molecule has 3 rings (SSSR count). The topological polar surface area (TPSA) is 43.4 Å². The first-order chi connectivity index (χ1) is 9.24. The number of hydrogen-bond acceptors (Lipinski definition) is 4. The number of aromatic nitrogens is 1. The van der Waals surface area contributed by atoms with Crippen molar-refractivity contribution in [2.45, 2.75) is 6.54 Å². The van der Waals surface area contributed by atoms with Gasteiger partial charge in [-0.3, -0.25) is 0 Å². The smallest absolute Gasteiger partial charge is 0.231 e. The molecule has 4 nitrogen and oxygen atoms in total. The Morgan fingerprint density at radius 3 is 3.11 bits per heavy atom. The van der Waals surface area contributed by atoms with E-state index in [1.165, 1.54) is 0 Å². The highest BCUT2D eigenvalue weighted by molar-refractivity contribution is 9.10. The van der Waals surface area contributed by atoms with Crippen molar-refractivity contribution >= 4 is 33.2 Å². The van der Waals surface area contributed by atoms with Crippen LogP contribution in [0, 0.1) is 0 Å². The van der Waals surface area contributed by atoms with E-state index < -0.39 is 0 Å². The summed E-state index contributed by atoms with van der Waals surface area (Å²) in [6.07, 6.45) is 1.69. The number of hydrogen-bond donors (Lipinski definition) is 1. The van der Waals surface area contributed by atoms with E-state index in [4.69, 9.17) is 21.1 Å². The van der Waals surface area contributed by atoms with E-state index in [0.717, 1.165) is 27.2 Å². The Balaban J connectivity index is 1.76. The Kier molecular flexibility index (Phi) is 3.48. The van der Waals surface area contributed by atoms with E-state index in [1.807, 2.05) is 24.3 Å². The van der Waals surface area contributed by atoms with E-state index in [0.29, 0.717) is 11.7 Å². The van der Waals surface area contributed by atoms with Gasteiger partial charge in [-0.15, -0.1) is 0 Å². The van der Waals surface area contributed by atoms with Crippen molar-refractivity contribution < 1.29 is 9.47 Å². The quantitative estimate of drug-likeness (QED) is 0.862. The molecule has 1 aromatic heterocycles. The van der Waals surface area contributed by atoms with E-state index in [-0.39, 0.29) is 6.79 Å². The van der Waals surface area contributed by atoms with Crippen LogP contribution in [-0.4, -0.2) is 11.8 Å². The summed E-state index contributed by atoms with van der Waals surface area (Å²) in [4.78, 5) is 4.06. The van der Waals surface area contributed by atoms with Gasteiger partial charge in [0, 0.05) is 12.1 Å². The first-order valence-electron chi connectivity index (χ1n) is 5.66. The molecule has 0 spiro atoms. The van der Waals surface area contributed by atoms with E-state index in [2.05, 4.69) is 26.2 Å². The molecule has 0 radical (unpaired) electrons. The third-order valence-corrected chi connectivity index (χ3v) is 3.89. The minimum atomic E-state index is 0.278. The van der Waals surface area contributed by atoms with Gasteiger partial charge in [-0.1, -0.05) is 23.7 Å². The van der Waals surface area contributed by atoms with Gasteiger partial charge in [0.15, 0.2) is 11.5 Å². The molecular weight excluding hydrogens is 332 g/mol. The number of benzene rings is 1. The molecule has 0 amide bonds. The lowest BCUT2D eigenvalue weighted by atomic mass is 10.2. The maximum absolute atomic E-state index is 5.85. The van der Waals surface area contributed by atoms with Crippen LogP contribution in [0.25, 0.3) is 0 Å². The Hall–Kier alpha value is -1.46. The molecule has 0 unspecified atom stereocenters. The van der Waals surface area contributed by atoms with Gasteiger partial charge in [-0.2, -0.15) is 0 Å². The second-order valence-electron chi connectivity index (χ2n) is 4.00. The van der Waals surface area contributed by atoms with Crippen molar-refractivity contribution in [3.8, 4) is 11.5 Å². The normalized spacial score (nSPS) is 12.5. The number of para-hydroxylation sites is 1. The van der Waals surface area contributed by atoms with Crippen molar-refractivity contribution in [2.24, 2.45) is 0 Å². The number of rotatable bonds is 3. The Morgan fingerprint density at radius 1 is 1.37 bits per heavy atom. The van der Waals surface area contributed by atoms with Gasteiger partial charge in [0.2, 0.25) is 6.79 Å². The van der Waals surface area contributed by atoms with Crippen LogP contribution >= 0.6 is 27.5 Å². The lowest BCUT2D eigenvalue weighted by molar-refractivity contribution is 0.173. The number of fused-ring (bicyclic) bond motifs is 1. The fraction of sp³-hybridized carbons (Fsp3) is 0.154. The maximum Gasteiger partial charge on any atom is 0.231 e. The summed E-state index contributed by atoms with van der Waals surface area (Å²) >= 11 is 9.20. The SMILES string of the molecule is Clc1ncc(NCc2cccc3c2OCO3)cc1Br. The first-order valence-corrected chi connectivity index (χ1v) is 6.83. The summed E-state index contributed by atoms with van der Waals surface area (Å²) in [5.41, 5.74) is 1.92. The fourth-order valence-electron chi connectivity index (χ4n) is 1.85. The molecule has 0 aliphatic carbocycles. The lowest BCUT2D eigenvalue weighted by Crippen LogP contribution is -2.01. The fourth-order valence-corrected chi connectivity index (χ4v) is 2.30. The predicted molar refractivity (Wildman–Crippen MR) is 76.8 cm³/mol. The molecule has 6 heteroatoms. The third kappa shape index (κ3) is 2.62. The molecule has 98 valence electrons. The molecule has 0 saturated heterocycles. The van der Waals surface area contributed by atoms with Gasteiger partial charge in [0.1, 0.15) is 5.15 Å². The molecule has 19 heavy (non-hydrogen) atoms. The van der Waals surface area contributed by atoms with Crippen molar-refractivity contribution in [2.75, 3.05) is 12.1 Å². The number of nitrogens with zero attached hydrogens (tertiary/aromatic N) is 1. The third-order valence-electron chi connectivity index (χ3n) is 2.76. The molecule has 0 bridgehead atoms. The molecule has 0 atom stereocenters. The van der Waals surface area contributed by atoms with Crippen molar-refractivity contribution in [3.05, 3.63) is 45.7 Å². The Labute approximate surface area is 123 Å². The monoisotopic (exact) mass is 340 g/mol. The number of nitrogens with one attached hydrogen (secondary N) is 1. The average molecular weight is 342 g/mol. The maximum atomic E-state index is 5.85. The second kappa shape index (κ2) is 5.27. The highest BCUT2D eigenvalue weighted by Gasteiger charge is 2.16. The molecule has 2 heterocycles. The largest absolute Gasteiger partial charge is 0.454 e. The average Bonchev–Trinajstić information content (AvgIpc) is 2.89. The minimum absolute atomic E-state index is 0.278. The molecule has 1 aliphatic rings. The lowest BCUT2D eigenvalue weighted by Gasteiger charge is -2.09. The molecule has 0 saturated carbocycles. The van der Waals surface area contributed by atoms with Crippen LogP contribution < -0.4 is 14.8 Å². The molecule has 2 aromatic rings. The standard InChI is InChI=1S/C13H10BrClN2O2/c14-10-4-9(6-17-13(10)15)16-5-8-2-1-3-11-12(8)19-7-18-11/h1-4,6,16H,5,7H2. The van der Waals surface area contributed by atoms with Gasteiger partial charge in [-0.25, -0.2) is 4.98 Å². The molecular formula is C13H10BrClN2O2. The second-order valence-corrected chi connectivity index (χ2v) is 5.21. The summed E-state index contributed by atoms with van der Waals surface area (Å²) in [7, 11) is 0. The summed E-state index contributed by atoms with van der Waals surface area (Å²) in [5.74, 6) is 1.59. The van der Waals surface area contributed by atoms with E-state index >= 15 is 0 Å². The van der Waals surface area contributed by atoms with E-state index in [1.54, 1.807) is 6.20 Å². The summed E-state index contributed by atoms with van der Waals surface area (Å²) in [6, 6.07) is 7.72. The summed E-state index contributed by atoms with van der Waals surface area (Å²) < 4.78 is 11.6. The predicted octanol–water partition coefficient (Wildman–Crippen LogP) is 3.84. The van der Waals surface area contributed by atoms with Gasteiger partial charge < -0.3 is 14.8 Å². The van der Waals surface area contributed by atoms with Gasteiger partial charge in [-0.05, 0) is 28.1 Å². The van der Waals surface area contributed by atoms with Gasteiger partial charge in [0.05, 0.1) is 16.4 Å². The number of anilines is 1. The summed E-state index contributed by atoms with van der Waals surface area (Å²) in [6.45, 7) is 0.905. The first kappa shape index (κ1) is 12.6. The highest BCUT2D eigenvalue weighted by Crippen LogP contribution is 2.35. The van der Waals surface area contributed by atoms with Crippen LogP contribution in [0.15, 0.2) is 34.9 Å². The zero-order valence-electron chi connectivity index (χ0n) is 9.82. The zero-order valence-corrected chi connectivity index (χ0v) is 12.2. The van der Waals surface area contributed by atoms with Crippen LogP contribution in [0.3, 0.4) is 0 Å². The van der Waals surface area contributed by atoms with Gasteiger partial charge in [0.25, 0.3) is 0 Å². The van der Waals surface area contributed by atoms with E-state index in [9.17, 15) is 0 Å². The molecule has 1 aromatic carbocycles. The number of pyridine rings is 1. The van der Waals surface area contributed by atoms with Crippen LogP contribution in [0.2, 0.25) is 5.15 Å². The van der Waals surface area contributed by atoms with Crippen LogP contribution in [0.5, 0.6) is 11.5 Å². The highest BCUT2D eigenvalue weighted by atomic mass is 79.9. The molecule has 0 fully saturated rings. The van der Waals surface area contributed by atoms with Crippen LogP contribution in [-0.2, 0) is 6.54 Å². The van der Waals surface area contributed by atoms with Crippen molar-refractivity contribution in [1.29, 1.82) is 0 Å². The van der Waals surface area contributed by atoms with Crippen molar-refractivity contribution in [3.63, 3.8) is 0 Å². The Bertz CT molecular complexity index is 622. The van der Waals surface area contributed by atoms with Crippen LogP contribution in [0.1, 0.15) is 5.56 Å². The number of halogens is 2. The molecule has 1 aliphatic heterocycles. The van der Waals surface area contributed by atoms with Gasteiger partial charge >= 0.3 is 0 Å². The summed E-state index contributed by atoms with van der Waals surface area (Å²) in [5, 5.41) is 3.72. The minimum Gasteiger partial charge on any atom is -0.454 e. The molecule has 1 N–H and O–H groups in total. The van der Waals surface area contributed by atoms with Crippen molar-refractivity contribution in [1.82, 2.24) is 4.98 Å². The number of ether oxygens (including phenoxy) is 2.